The summed E-state index contributed by atoms with van der Waals surface area (Å²) in [4.78, 5) is 15.4. The molecular formula is C16H18ClNOS. The number of hydrogen-bond acceptors (Lipinski definition) is 3. The summed E-state index contributed by atoms with van der Waals surface area (Å²) in [5.41, 5.74) is 2.29. The quantitative estimate of drug-likeness (QED) is 0.739. The number of likely N-dealkylation sites (N-methyl/N-ethyl adjacent to an activating group) is 1. The monoisotopic (exact) mass is 307 g/mol. The van der Waals surface area contributed by atoms with Crippen molar-refractivity contribution < 1.29 is 4.79 Å². The fourth-order valence-electron chi connectivity index (χ4n) is 2.33. The minimum atomic E-state index is -0.198. The number of carbonyl (C=O) groups excluding carboxylic acids is 1. The standard InChI is InChI=1S/C16H18ClNOS/c1-4-18(13-8-6-5-7-11(13)2)12(3)16(19)14-9-10-15(17)20-14/h5-10,12H,4H2,1-3H3. The van der Waals surface area contributed by atoms with Gasteiger partial charge in [0.05, 0.1) is 15.3 Å². The van der Waals surface area contributed by atoms with Crippen molar-refractivity contribution in [1.29, 1.82) is 0 Å². The number of carbonyl (C=O) groups is 1. The number of hydrogen-bond donors (Lipinski definition) is 0. The largest absolute Gasteiger partial charge is 0.361 e. The second-order valence-corrected chi connectivity index (χ2v) is 6.43. The molecule has 0 fully saturated rings. The van der Waals surface area contributed by atoms with Crippen LogP contribution < -0.4 is 4.90 Å². The van der Waals surface area contributed by atoms with Crippen LogP contribution in [0.15, 0.2) is 36.4 Å². The minimum Gasteiger partial charge on any atom is -0.361 e. The number of thiophene rings is 1. The molecule has 0 aliphatic rings. The first kappa shape index (κ1) is 15.1. The lowest BCUT2D eigenvalue weighted by molar-refractivity contribution is 0.0968. The zero-order chi connectivity index (χ0) is 14.7. The third-order valence-electron chi connectivity index (χ3n) is 3.43. The minimum absolute atomic E-state index is 0.118. The van der Waals surface area contributed by atoms with E-state index in [0.29, 0.717) is 4.34 Å². The number of para-hydroxylation sites is 1. The predicted molar refractivity (Wildman–Crippen MR) is 87.3 cm³/mol. The molecule has 0 amide bonds. The van der Waals surface area contributed by atoms with Crippen molar-refractivity contribution in [3.05, 3.63) is 51.2 Å². The van der Waals surface area contributed by atoms with E-state index in [0.717, 1.165) is 17.1 Å². The summed E-state index contributed by atoms with van der Waals surface area (Å²) < 4.78 is 0.652. The van der Waals surface area contributed by atoms with Gasteiger partial charge in [0.25, 0.3) is 0 Å². The van der Waals surface area contributed by atoms with Gasteiger partial charge in [-0.1, -0.05) is 29.8 Å². The summed E-state index contributed by atoms with van der Waals surface area (Å²) in [6.45, 7) is 6.87. The number of aryl methyl sites for hydroxylation is 1. The van der Waals surface area contributed by atoms with Crippen LogP contribution in [-0.4, -0.2) is 18.4 Å². The van der Waals surface area contributed by atoms with Gasteiger partial charge >= 0.3 is 0 Å². The van der Waals surface area contributed by atoms with Crippen LogP contribution in [0, 0.1) is 6.92 Å². The molecular weight excluding hydrogens is 290 g/mol. The maximum absolute atomic E-state index is 12.6. The van der Waals surface area contributed by atoms with E-state index in [9.17, 15) is 4.79 Å². The normalized spacial score (nSPS) is 12.2. The molecule has 0 aliphatic heterocycles. The van der Waals surface area contributed by atoms with Crippen LogP contribution >= 0.6 is 22.9 Å². The maximum atomic E-state index is 12.6. The van der Waals surface area contributed by atoms with Crippen LogP contribution in [-0.2, 0) is 0 Å². The molecule has 4 heteroatoms. The van der Waals surface area contributed by atoms with E-state index in [1.807, 2.05) is 19.1 Å². The second-order valence-electron chi connectivity index (χ2n) is 4.72. The molecule has 106 valence electrons. The molecule has 0 saturated heterocycles. The molecule has 2 nitrogen and oxygen atoms in total. The fourth-order valence-corrected chi connectivity index (χ4v) is 3.40. The van der Waals surface area contributed by atoms with E-state index in [1.165, 1.54) is 16.9 Å². The Hall–Kier alpha value is -1.32. The number of Topliss-reactive ketones (excluding diaryl/α,β-unsaturated/α-hetero) is 1. The summed E-state index contributed by atoms with van der Waals surface area (Å²) in [7, 11) is 0. The Balaban J connectivity index is 2.28. The number of halogens is 1. The van der Waals surface area contributed by atoms with Crippen molar-refractivity contribution in [2.24, 2.45) is 0 Å². The highest BCUT2D eigenvalue weighted by Crippen LogP contribution is 2.26. The van der Waals surface area contributed by atoms with Crippen molar-refractivity contribution in [2.75, 3.05) is 11.4 Å². The van der Waals surface area contributed by atoms with Gasteiger partial charge in [0, 0.05) is 12.2 Å². The summed E-state index contributed by atoms with van der Waals surface area (Å²) >= 11 is 7.26. The Morgan fingerprint density at radius 3 is 2.55 bits per heavy atom. The van der Waals surface area contributed by atoms with Crippen LogP contribution in [0.3, 0.4) is 0 Å². The smallest absolute Gasteiger partial charge is 0.194 e. The Bertz CT molecular complexity index is 608. The van der Waals surface area contributed by atoms with Crippen LogP contribution in [0.1, 0.15) is 29.1 Å². The maximum Gasteiger partial charge on any atom is 0.194 e. The number of ketones is 1. The van der Waals surface area contributed by atoms with Gasteiger partial charge in [0.2, 0.25) is 0 Å². The van der Waals surface area contributed by atoms with Crippen LogP contribution in [0.2, 0.25) is 4.34 Å². The molecule has 1 heterocycles. The Labute approximate surface area is 129 Å². The third kappa shape index (κ3) is 3.05. The van der Waals surface area contributed by atoms with Crippen molar-refractivity contribution >= 4 is 34.4 Å². The first-order chi connectivity index (χ1) is 9.54. The number of rotatable bonds is 5. The van der Waals surface area contributed by atoms with Gasteiger partial charge in [-0.15, -0.1) is 11.3 Å². The average molecular weight is 308 g/mol. The SMILES string of the molecule is CCN(c1ccccc1C)C(C)C(=O)c1ccc(Cl)s1. The molecule has 0 saturated carbocycles. The summed E-state index contributed by atoms with van der Waals surface area (Å²) in [5, 5.41) is 0. The molecule has 1 aromatic heterocycles. The van der Waals surface area contributed by atoms with E-state index in [4.69, 9.17) is 11.6 Å². The Morgan fingerprint density at radius 1 is 1.30 bits per heavy atom. The zero-order valence-corrected chi connectivity index (χ0v) is 13.5. The molecule has 2 rings (SSSR count). The van der Waals surface area contributed by atoms with Gasteiger partial charge in [-0.3, -0.25) is 4.79 Å². The number of benzene rings is 1. The van der Waals surface area contributed by atoms with Crippen LogP contribution in [0.25, 0.3) is 0 Å². The molecule has 0 radical (unpaired) electrons. The molecule has 2 aromatic rings. The van der Waals surface area contributed by atoms with Crippen LogP contribution in [0.5, 0.6) is 0 Å². The molecule has 0 bridgehead atoms. The van der Waals surface area contributed by atoms with Crippen LogP contribution in [0.4, 0.5) is 5.69 Å². The van der Waals surface area contributed by atoms with E-state index >= 15 is 0 Å². The van der Waals surface area contributed by atoms with Gasteiger partial charge in [-0.2, -0.15) is 0 Å². The second kappa shape index (κ2) is 6.42. The van der Waals surface area contributed by atoms with E-state index in [1.54, 1.807) is 12.1 Å². The summed E-state index contributed by atoms with van der Waals surface area (Å²) in [5.74, 6) is 0.118. The predicted octanol–water partition coefficient (Wildman–Crippen LogP) is 4.81. The Kier molecular flexibility index (Phi) is 4.84. The van der Waals surface area contributed by atoms with Crippen molar-refractivity contribution in [1.82, 2.24) is 0 Å². The highest BCUT2D eigenvalue weighted by Gasteiger charge is 2.23. The molecule has 0 aliphatic carbocycles. The van der Waals surface area contributed by atoms with Gasteiger partial charge < -0.3 is 4.90 Å². The topological polar surface area (TPSA) is 20.3 Å². The van der Waals surface area contributed by atoms with Gasteiger partial charge in [0.1, 0.15) is 0 Å². The zero-order valence-electron chi connectivity index (χ0n) is 11.9. The first-order valence-electron chi connectivity index (χ1n) is 6.66. The van der Waals surface area contributed by atoms with Gasteiger partial charge in [-0.05, 0) is 44.5 Å². The third-order valence-corrected chi connectivity index (χ3v) is 4.67. The van der Waals surface area contributed by atoms with E-state index in [-0.39, 0.29) is 11.8 Å². The lowest BCUT2D eigenvalue weighted by Crippen LogP contribution is -2.39. The van der Waals surface area contributed by atoms with Crippen molar-refractivity contribution in [2.45, 2.75) is 26.8 Å². The summed E-state index contributed by atoms with van der Waals surface area (Å²) in [6, 6.07) is 11.5. The lowest BCUT2D eigenvalue weighted by Gasteiger charge is -2.30. The Morgan fingerprint density at radius 2 is 2.00 bits per heavy atom. The van der Waals surface area contributed by atoms with Gasteiger partial charge in [0.15, 0.2) is 5.78 Å². The average Bonchev–Trinajstić information content (AvgIpc) is 2.87. The number of anilines is 1. The lowest BCUT2D eigenvalue weighted by atomic mass is 10.1. The molecule has 1 atom stereocenters. The van der Waals surface area contributed by atoms with Crippen molar-refractivity contribution in [3.63, 3.8) is 0 Å². The summed E-state index contributed by atoms with van der Waals surface area (Å²) in [6.07, 6.45) is 0. The van der Waals surface area contributed by atoms with Crippen molar-refractivity contribution in [3.8, 4) is 0 Å². The molecule has 1 aromatic carbocycles. The molecule has 1 unspecified atom stereocenters. The van der Waals surface area contributed by atoms with E-state index in [2.05, 4.69) is 30.9 Å². The highest BCUT2D eigenvalue weighted by atomic mass is 35.5. The molecule has 0 N–H and O–H groups in total. The fraction of sp³-hybridized carbons (Fsp3) is 0.312. The first-order valence-corrected chi connectivity index (χ1v) is 7.86. The van der Waals surface area contributed by atoms with Gasteiger partial charge in [-0.25, -0.2) is 0 Å². The van der Waals surface area contributed by atoms with E-state index < -0.39 is 0 Å². The number of nitrogens with zero attached hydrogens (tertiary/aromatic N) is 1. The highest BCUT2D eigenvalue weighted by molar-refractivity contribution is 7.18. The molecule has 20 heavy (non-hydrogen) atoms. The molecule has 0 spiro atoms.